The van der Waals surface area contributed by atoms with Gasteiger partial charge in [0.25, 0.3) is 0 Å². The summed E-state index contributed by atoms with van der Waals surface area (Å²) in [4.78, 5) is 2.16. The van der Waals surface area contributed by atoms with Crippen LogP contribution in [0.15, 0.2) is 34.0 Å². The second-order valence-electron chi connectivity index (χ2n) is 6.78. The lowest BCUT2D eigenvalue weighted by molar-refractivity contribution is 0.401. The molecule has 4 heterocycles. The van der Waals surface area contributed by atoms with Gasteiger partial charge in [-0.05, 0) is 25.0 Å². The van der Waals surface area contributed by atoms with Gasteiger partial charge in [0, 0.05) is 31.5 Å². The number of rotatable bonds is 6. The van der Waals surface area contributed by atoms with Crippen LogP contribution in [0.5, 0.6) is 0 Å². The van der Waals surface area contributed by atoms with E-state index < -0.39 is 10.0 Å². The van der Waals surface area contributed by atoms with Crippen molar-refractivity contribution in [2.45, 2.75) is 23.7 Å². The number of nitrogens with zero attached hydrogens (tertiary/aromatic N) is 6. The Bertz CT molecular complexity index is 1040. The van der Waals surface area contributed by atoms with Crippen molar-refractivity contribution in [2.24, 2.45) is 5.92 Å². The van der Waals surface area contributed by atoms with Crippen molar-refractivity contribution in [2.75, 3.05) is 24.5 Å². The first kappa shape index (κ1) is 15.7. The van der Waals surface area contributed by atoms with Crippen LogP contribution in [0.1, 0.15) is 24.6 Å². The highest BCUT2D eigenvalue weighted by Gasteiger charge is 2.32. The quantitative estimate of drug-likeness (QED) is 0.658. The molecule has 0 bridgehead atoms. The normalized spacial score (nSPS) is 18.4. The SMILES string of the molecule is O=S(=O)(NCC1CN(c2ccc3nnc(C4CC4)n3n2)C1)c1cnoc1. The van der Waals surface area contributed by atoms with E-state index in [9.17, 15) is 8.42 Å². The van der Waals surface area contributed by atoms with Gasteiger partial charge in [0.15, 0.2) is 11.5 Å². The first-order valence-electron chi connectivity index (χ1n) is 8.46. The fraction of sp³-hybridized carbons (Fsp3) is 0.467. The van der Waals surface area contributed by atoms with Gasteiger partial charge in [-0.3, -0.25) is 0 Å². The molecule has 0 aromatic carbocycles. The summed E-state index contributed by atoms with van der Waals surface area (Å²) in [6.07, 6.45) is 4.59. The van der Waals surface area contributed by atoms with Gasteiger partial charge in [-0.25, -0.2) is 13.1 Å². The summed E-state index contributed by atoms with van der Waals surface area (Å²) < 4.78 is 33.1. The molecule has 1 aliphatic heterocycles. The third kappa shape index (κ3) is 2.72. The molecule has 1 N–H and O–H groups in total. The zero-order valence-corrected chi connectivity index (χ0v) is 14.6. The van der Waals surface area contributed by atoms with Gasteiger partial charge in [0.2, 0.25) is 10.0 Å². The van der Waals surface area contributed by atoms with Crippen molar-refractivity contribution in [3.05, 3.63) is 30.4 Å². The molecule has 0 atom stereocenters. The third-order valence-electron chi connectivity index (χ3n) is 4.78. The van der Waals surface area contributed by atoms with Crippen molar-refractivity contribution >= 4 is 21.5 Å². The van der Waals surface area contributed by atoms with E-state index in [-0.39, 0.29) is 10.8 Å². The molecule has 2 aliphatic rings. The van der Waals surface area contributed by atoms with Crippen LogP contribution in [0.4, 0.5) is 5.82 Å². The van der Waals surface area contributed by atoms with E-state index in [0.29, 0.717) is 12.5 Å². The predicted molar refractivity (Wildman–Crippen MR) is 90.2 cm³/mol. The van der Waals surface area contributed by atoms with E-state index in [1.165, 1.54) is 6.20 Å². The molecular weight excluding hydrogens is 358 g/mol. The Balaban J connectivity index is 1.23. The zero-order valence-electron chi connectivity index (χ0n) is 13.8. The molecule has 0 amide bonds. The minimum Gasteiger partial charge on any atom is -0.363 e. The van der Waals surface area contributed by atoms with Crippen molar-refractivity contribution < 1.29 is 12.9 Å². The Morgan fingerprint density at radius 3 is 2.81 bits per heavy atom. The first-order chi connectivity index (χ1) is 12.6. The average molecular weight is 375 g/mol. The minimum atomic E-state index is -3.56. The summed E-state index contributed by atoms with van der Waals surface area (Å²) >= 11 is 0. The van der Waals surface area contributed by atoms with Crippen molar-refractivity contribution in [3.63, 3.8) is 0 Å². The third-order valence-corrected chi connectivity index (χ3v) is 6.15. The summed E-state index contributed by atoms with van der Waals surface area (Å²) in [6, 6.07) is 3.85. The fourth-order valence-corrected chi connectivity index (χ4v) is 4.06. The maximum Gasteiger partial charge on any atom is 0.245 e. The monoisotopic (exact) mass is 375 g/mol. The number of anilines is 1. The molecule has 1 saturated carbocycles. The Labute approximate surface area is 149 Å². The number of hydrogen-bond donors (Lipinski definition) is 1. The molecule has 3 aromatic heterocycles. The molecule has 2 fully saturated rings. The molecular formula is C15H17N7O3S. The molecule has 136 valence electrons. The summed E-state index contributed by atoms with van der Waals surface area (Å²) in [6.45, 7) is 1.85. The predicted octanol–water partition coefficient (Wildman–Crippen LogP) is 0.404. The van der Waals surface area contributed by atoms with Crippen LogP contribution in [0.3, 0.4) is 0 Å². The molecule has 0 spiro atoms. The molecule has 0 unspecified atom stereocenters. The van der Waals surface area contributed by atoms with Crippen LogP contribution in [-0.2, 0) is 10.0 Å². The highest BCUT2D eigenvalue weighted by Crippen LogP contribution is 2.38. The lowest BCUT2D eigenvalue weighted by Gasteiger charge is -2.40. The number of fused-ring (bicyclic) bond motifs is 1. The number of nitrogens with one attached hydrogen (secondary N) is 1. The van der Waals surface area contributed by atoms with Gasteiger partial charge in [-0.1, -0.05) is 5.16 Å². The van der Waals surface area contributed by atoms with E-state index in [2.05, 4.69) is 34.6 Å². The Morgan fingerprint density at radius 1 is 1.23 bits per heavy atom. The van der Waals surface area contributed by atoms with Crippen LogP contribution in [0.25, 0.3) is 5.65 Å². The summed E-state index contributed by atoms with van der Waals surface area (Å²) in [5.74, 6) is 2.49. The molecule has 0 radical (unpaired) electrons. The Hall–Kier alpha value is -2.53. The molecule has 1 saturated heterocycles. The van der Waals surface area contributed by atoms with Crippen LogP contribution in [0, 0.1) is 5.92 Å². The van der Waals surface area contributed by atoms with Gasteiger partial charge in [-0.15, -0.1) is 15.3 Å². The van der Waals surface area contributed by atoms with Gasteiger partial charge >= 0.3 is 0 Å². The first-order valence-corrected chi connectivity index (χ1v) is 9.95. The maximum absolute atomic E-state index is 12.1. The van der Waals surface area contributed by atoms with Crippen LogP contribution in [-0.4, -0.2) is 53.0 Å². The molecule has 3 aromatic rings. The maximum atomic E-state index is 12.1. The lowest BCUT2D eigenvalue weighted by atomic mass is 10.0. The topological polar surface area (TPSA) is 119 Å². The number of sulfonamides is 1. The van der Waals surface area contributed by atoms with E-state index in [4.69, 9.17) is 0 Å². The van der Waals surface area contributed by atoms with Crippen molar-refractivity contribution in [1.29, 1.82) is 0 Å². The highest BCUT2D eigenvalue weighted by molar-refractivity contribution is 7.89. The van der Waals surface area contributed by atoms with E-state index >= 15 is 0 Å². The van der Waals surface area contributed by atoms with Gasteiger partial charge in [-0.2, -0.15) is 4.52 Å². The van der Waals surface area contributed by atoms with Crippen molar-refractivity contribution in [3.8, 4) is 0 Å². The molecule has 1 aliphatic carbocycles. The molecule has 5 rings (SSSR count). The van der Waals surface area contributed by atoms with E-state index in [1.54, 1.807) is 0 Å². The Morgan fingerprint density at radius 2 is 2.08 bits per heavy atom. The van der Waals surface area contributed by atoms with E-state index in [1.807, 2.05) is 16.6 Å². The number of hydrogen-bond acceptors (Lipinski definition) is 8. The zero-order chi connectivity index (χ0) is 17.7. The number of aromatic nitrogens is 5. The Kier molecular flexibility index (Phi) is 3.47. The highest BCUT2D eigenvalue weighted by atomic mass is 32.2. The smallest absolute Gasteiger partial charge is 0.245 e. The summed E-state index contributed by atoms with van der Waals surface area (Å²) in [5, 5.41) is 16.5. The molecule has 10 nitrogen and oxygen atoms in total. The van der Waals surface area contributed by atoms with Gasteiger partial charge in [0.1, 0.15) is 17.0 Å². The van der Waals surface area contributed by atoms with E-state index in [0.717, 1.165) is 49.5 Å². The van der Waals surface area contributed by atoms with Crippen LogP contribution >= 0.6 is 0 Å². The lowest BCUT2D eigenvalue weighted by Crippen LogP contribution is -2.51. The second kappa shape index (κ2) is 5.74. The molecule has 26 heavy (non-hydrogen) atoms. The molecule has 11 heteroatoms. The minimum absolute atomic E-state index is 0.0426. The van der Waals surface area contributed by atoms with Gasteiger partial charge in [0.05, 0.1) is 6.20 Å². The van der Waals surface area contributed by atoms with Crippen molar-refractivity contribution in [1.82, 2.24) is 29.7 Å². The standard InChI is InChI=1S/C15H17N7O3S/c23-26(24,12-6-16-25-9-12)17-5-10-7-21(8-10)14-4-3-13-18-19-15(11-1-2-11)22(13)20-14/h3-4,6,9-11,17H,1-2,5,7-8H2. The van der Waals surface area contributed by atoms with Crippen LogP contribution < -0.4 is 9.62 Å². The van der Waals surface area contributed by atoms with Gasteiger partial charge < -0.3 is 9.42 Å². The average Bonchev–Trinajstić information content (AvgIpc) is 3.11. The second-order valence-corrected chi connectivity index (χ2v) is 8.54. The summed E-state index contributed by atoms with van der Waals surface area (Å²) in [5.41, 5.74) is 0.759. The summed E-state index contributed by atoms with van der Waals surface area (Å²) in [7, 11) is -3.56. The fourth-order valence-electron chi connectivity index (χ4n) is 3.09. The largest absolute Gasteiger partial charge is 0.363 e. The van der Waals surface area contributed by atoms with Crippen LogP contribution in [0.2, 0.25) is 0 Å².